The lowest BCUT2D eigenvalue weighted by Crippen LogP contribution is -1.93. The molecule has 1 N–H and O–H groups in total. The third-order valence-corrected chi connectivity index (χ3v) is 1.85. The molecule has 0 bridgehead atoms. The van der Waals surface area contributed by atoms with Gasteiger partial charge in [-0.1, -0.05) is 15.9 Å². The van der Waals surface area contributed by atoms with E-state index in [0.717, 1.165) is 0 Å². The van der Waals surface area contributed by atoms with Crippen molar-refractivity contribution in [2.24, 2.45) is 0 Å². The van der Waals surface area contributed by atoms with Gasteiger partial charge < -0.3 is 5.11 Å². The van der Waals surface area contributed by atoms with Gasteiger partial charge in [-0.05, 0) is 6.07 Å². The lowest BCUT2D eigenvalue weighted by molar-refractivity contribution is 0.273. The van der Waals surface area contributed by atoms with Gasteiger partial charge in [0, 0.05) is 16.2 Å². The summed E-state index contributed by atoms with van der Waals surface area (Å²) < 4.78 is 13.1. The van der Waals surface area contributed by atoms with E-state index < -0.39 is 5.95 Å². The molecule has 1 heterocycles. The largest absolute Gasteiger partial charge is 0.391 e. The molecule has 1 rings (SSSR count). The average Bonchev–Trinajstić information content (AvgIpc) is 1.88. The molecule has 2 nitrogen and oxygen atoms in total. The number of nitrogens with zero attached hydrogens (tertiary/aromatic N) is 1. The normalized spacial score (nSPS) is 9.90. The Bertz CT molecular complexity index is 221. The van der Waals surface area contributed by atoms with E-state index in [0.29, 0.717) is 4.47 Å². The van der Waals surface area contributed by atoms with Crippen LogP contribution in [0, 0.1) is 5.95 Å². The van der Waals surface area contributed by atoms with E-state index in [9.17, 15) is 4.39 Å². The second-order valence-electron chi connectivity index (χ2n) is 1.72. The number of halogens is 2. The first-order chi connectivity index (χ1) is 4.75. The van der Waals surface area contributed by atoms with Gasteiger partial charge in [-0.3, -0.25) is 0 Å². The molecule has 0 aliphatic rings. The fraction of sp³-hybridized carbons (Fsp3) is 0.167. The number of aliphatic hydroxyl groups excluding tert-OH is 1. The van der Waals surface area contributed by atoms with Gasteiger partial charge in [-0.15, -0.1) is 0 Å². The molecule has 4 heteroatoms. The van der Waals surface area contributed by atoms with Crippen LogP contribution in [0.4, 0.5) is 4.39 Å². The van der Waals surface area contributed by atoms with Crippen molar-refractivity contribution < 1.29 is 9.50 Å². The van der Waals surface area contributed by atoms with E-state index in [2.05, 4.69) is 20.9 Å². The van der Waals surface area contributed by atoms with Gasteiger partial charge in [0.05, 0.1) is 6.61 Å². The molecule has 10 heavy (non-hydrogen) atoms. The smallest absolute Gasteiger partial charge is 0.219 e. The Labute approximate surface area is 65.8 Å². The van der Waals surface area contributed by atoms with Crippen LogP contribution in [0.25, 0.3) is 0 Å². The molecule has 0 saturated heterocycles. The topological polar surface area (TPSA) is 33.1 Å². The summed E-state index contributed by atoms with van der Waals surface area (Å²) in [5.41, 5.74) is 0.197. The van der Waals surface area contributed by atoms with Gasteiger partial charge in [-0.25, -0.2) is 4.98 Å². The van der Waals surface area contributed by atoms with Crippen LogP contribution >= 0.6 is 15.9 Å². The molecule has 0 fully saturated rings. The molecular weight excluding hydrogens is 201 g/mol. The van der Waals surface area contributed by atoms with Crippen LogP contribution in [-0.2, 0) is 6.61 Å². The zero-order valence-electron chi connectivity index (χ0n) is 5.01. The minimum Gasteiger partial charge on any atom is -0.391 e. The van der Waals surface area contributed by atoms with Crippen molar-refractivity contribution in [3.63, 3.8) is 0 Å². The van der Waals surface area contributed by atoms with Crippen molar-refractivity contribution in [1.82, 2.24) is 4.98 Å². The van der Waals surface area contributed by atoms with Crippen LogP contribution in [0.15, 0.2) is 16.7 Å². The maximum absolute atomic E-state index is 12.5. The second-order valence-corrected chi connectivity index (χ2v) is 2.57. The van der Waals surface area contributed by atoms with Crippen LogP contribution in [-0.4, -0.2) is 10.1 Å². The highest BCUT2D eigenvalue weighted by Gasteiger charge is 2.04. The Kier molecular flexibility index (Phi) is 2.34. The van der Waals surface area contributed by atoms with Gasteiger partial charge in [0.2, 0.25) is 5.95 Å². The predicted molar refractivity (Wildman–Crippen MR) is 37.8 cm³/mol. The molecule has 0 aliphatic heterocycles. The summed E-state index contributed by atoms with van der Waals surface area (Å²) in [7, 11) is 0. The maximum Gasteiger partial charge on any atom is 0.219 e. The van der Waals surface area contributed by atoms with E-state index in [1.807, 2.05) is 0 Å². The molecule has 0 spiro atoms. The molecule has 1 aromatic rings. The fourth-order valence-electron chi connectivity index (χ4n) is 0.586. The van der Waals surface area contributed by atoms with Crippen LogP contribution < -0.4 is 0 Å². The second kappa shape index (κ2) is 3.07. The van der Waals surface area contributed by atoms with E-state index >= 15 is 0 Å². The Hall–Kier alpha value is -0.480. The number of hydrogen-bond acceptors (Lipinski definition) is 2. The van der Waals surface area contributed by atoms with Crippen LogP contribution in [0.2, 0.25) is 0 Å². The van der Waals surface area contributed by atoms with E-state index in [4.69, 9.17) is 5.11 Å². The van der Waals surface area contributed by atoms with Gasteiger partial charge in [0.25, 0.3) is 0 Å². The SMILES string of the molecule is OCc1c(Br)ccnc1F. The molecule has 54 valence electrons. The summed E-state index contributed by atoms with van der Waals surface area (Å²) >= 11 is 3.07. The van der Waals surface area contributed by atoms with Gasteiger partial charge in [0.1, 0.15) is 0 Å². The molecule has 0 aromatic carbocycles. The van der Waals surface area contributed by atoms with Gasteiger partial charge >= 0.3 is 0 Å². The average molecular weight is 206 g/mol. The lowest BCUT2D eigenvalue weighted by Gasteiger charge is -1.98. The van der Waals surface area contributed by atoms with Crippen molar-refractivity contribution in [2.75, 3.05) is 0 Å². The highest BCUT2D eigenvalue weighted by molar-refractivity contribution is 9.10. The van der Waals surface area contributed by atoms with Crippen molar-refractivity contribution in [2.45, 2.75) is 6.61 Å². The summed E-state index contributed by atoms with van der Waals surface area (Å²) in [5.74, 6) is -0.628. The number of rotatable bonds is 1. The fourth-order valence-corrected chi connectivity index (χ4v) is 0.993. The Morgan fingerprint density at radius 2 is 2.40 bits per heavy atom. The minimum atomic E-state index is -0.628. The third-order valence-electron chi connectivity index (χ3n) is 1.10. The minimum absolute atomic E-state index is 0.197. The molecular formula is C6H5BrFNO. The first-order valence-electron chi connectivity index (χ1n) is 2.65. The summed E-state index contributed by atoms with van der Waals surface area (Å²) in [5, 5.41) is 8.59. The molecule has 0 aliphatic carbocycles. The third kappa shape index (κ3) is 1.33. The maximum atomic E-state index is 12.5. The van der Waals surface area contributed by atoms with Gasteiger partial charge in [-0.2, -0.15) is 4.39 Å². The molecule has 0 unspecified atom stereocenters. The van der Waals surface area contributed by atoms with Crippen molar-refractivity contribution >= 4 is 15.9 Å². The number of aliphatic hydroxyl groups is 1. The van der Waals surface area contributed by atoms with E-state index in [-0.39, 0.29) is 12.2 Å². The molecule has 0 atom stereocenters. The number of aromatic nitrogens is 1. The zero-order chi connectivity index (χ0) is 7.56. The molecule has 0 amide bonds. The summed E-state index contributed by atoms with van der Waals surface area (Å²) in [4.78, 5) is 3.35. The first kappa shape index (κ1) is 7.63. The van der Waals surface area contributed by atoms with Crippen LogP contribution in [0.1, 0.15) is 5.56 Å². The zero-order valence-corrected chi connectivity index (χ0v) is 6.60. The highest BCUT2D eigenvalue weighted by Crippen LogP contribution is 2.16. The van der Waals surface area contributed by atoms with Crippen molar-refractivity contribution in [3.05, 3.63) is 28.2 Å². The Morgan fingerprint density at radius 1 is 1.70 bits per heavy atom. The monoisotopic (exact) mass is 205 g/mol. The van der Waals surface area contributed by atoms with Crippen LogP contribution in [0.5, 0.6) is 0 Å². The molecule has 0 saturated carbocycles. The molecule has 0 radical (unpaired) electrons. The van der Waals surface area contributed by atoms with E-state index in [1.165, 1.54) is 6.20 Å². The number of pyridine rings is 1. The Balaban J connectivity index is 3.17. The van der Waals surface area contributed by atoms with Crippen molar-refractivity contribution in [3.8, 4) is 0 Å². The van der Waals surface area contributed by atoms with Gasteiger partial charge in [0.15, 0.2) is 0 Å². The lowest BCUT2D eigenvalue weighted by atomic mass is 10.3. The summed E-state index contributed by atoms with van der Waals surface area (Å²) in [6, 6.07) is 1.58. The predicted octanol–water partition coefficient (Wildman–Crippen LogP) is 1.48. The quantitative estimate of drug-likeness (QED) is 0.705. The Morgan fingerprint density at radius 3 is 2.80 bits per heavy atom. The highest BCUT2D eigenvalue weighted by atomic mass is 79.9. The van der Waals surface area contributed by atoms with E-state index in [1.54, 1.807) is 6.07 Å². The summed E-state index contributed by atoms with van der Waals surface area (Å²) in [6.45, 7) is -0.333. The number of hydrogen-bond donors (Lipinski definition) is 1. The standard InChI is InChI=1S/C6H5BrFNO/c7-5-1-2-9-6(8)4(5)3-10/h1-2,10H,3H2. The van der Waals surface area contributed by atoms with Crippen LogP contribution in [0.3, 0.4) is 0 Å². The molecule has 1 aromatic heterocycles. The summed E-state index contributed by atoms with van der Waals surface area (Å²) in [6.07, 6.45) is 1.33. The van der Waals surface area contributed by atoms with Crippen molar-refractivity contribution in [1.29, 1.82) is 0 Å². The first-order valence-corrected chi connectivity index (χ1v) is 3.44.